The van der Waals surface area contributed by atoms with Gasteiger partial charge in [-0.25, -0.2) is 8.42 Å². The molecule has 4 rings (SSSR count). The van der Waals surface area contributed by atoms with Gasteiger partial charge < -0.3 is 14.8 Å². The highest BCUT2D eigenvalue weighted by atomic mass is 32.2. The SMILES string of the molecule is Cc1ccc(Oc2ccc(NC(=O)c3ccc(S(=O)(=O)N4CCOCC4)cc3)cc2)cc1. The minimum Gasteiger partial charge on any atom is -0.457 e. The molecule has 32 heavy (non-hydrogen) atoms. The number of benzene rings is 3. The molecular formula is C24H24N2O5S. The maximum absolute atomic E-state index is 12.7. The fraction of sp³-hybridized carbons (Fsp3) is 0.208. The van der Waals surface area contributed by atoms with Gasteiger partial charge in [-0.05, 0) is 67.6 Å². The minimum atomic E-state index is -3.59. The van der Waals surface area contributed by atoms with Gasteiger partial charge in [-0.1, -0.05) is 17.7 Å². The van der Waals surface area contributed by atoms with Crippen molar-refractivity contribution in [3.05, 3.63) is 83.9 Å². The van der Waals surface area contributed by atoms with Crippen molar-refractivity contribution in [2.24, 2.45) is 0 Å². The van der Waals surface area contributed by atoms with Gasteiger partial charge in [-0.3, -0.25) is 4.79 Å². The Labute approximate surface area is 187 Å². The Hall–Kier alpha value is -3.20. The number of nitrogens with zero attached hydrogens (tertiary/aromatic N) is 1. The van der Waals surface area contributed by atoms with Crippen LogP contribution in [0.1, 0.15) is 15.9 Å². The number of ether oxygens (including phenoxy) is 2. The van der Waals surface area contributed by atoms with Crippen LogP contribution in [-0.4, -0.2) is 44.9 Å². The van der Waals surface area contributed by atoms with Crippen LogP contribution in [0.25, 0.3) is 0 Å². The number of morpholine rings is 1. The standard InChI is InChI=1S/C24H24N2O5S/c1-18-2-8-21(9-3-18)31-22-10-6-20(7-11-22)25-24(27)19-4-12-23(13-5-19)32(28,29)26-14-16-30-17-15-26/h2-13H,14-17H2,1H3,(H,25,27). The summed E-state index contributed by atoms with van der Waals surface area (Å²) in [6.07, 6.45) is 0. The van der Waals surface area contributed by atoms with Crippen LogP contribution in [0.3, 0.4) is 0 Å². The molecule has 8 heteroatoms. The minimum absolute atomic E-state index is 0.161. The molecule has 1 saturated heterocycles. The van der Waals surface area contributed by atoms with Crippen molar-refractivity contribution in [1.29, 1.82) is 0 Å². The highest BCUT2D eigenvalue weighted by Gasteiger charge is 2.26. The summed E-state index contributed by atoms with van der Waals surface area (Å²) in [7, 11) is -3.59. The van der Waals surface area contributed by atoms with E-state index in [2.05, 4.69) is 5.32 Å². The molecule has 0 bridgehead atoms. The van der Waals surface area contributed by atoms with Crippen LogP contribution in [0.5, 0.6) is 11.5 Å². The molecule has 0 saturated carbocycles. The molecule has 0 aliphatic carbocycles. The molecule has 1 N–H and O–H groups in total. The van der Waals surface area contributed by atoms with E-state index in [0.717, 1.165) is 11.3 Å². The first-order chi connectivity index (χ1) is 15.4. The van der Waals surface area contributed by atoms with Crippen molar-refractivity contribution in [2.45, 2.75) is 11.8 Å². The zero-order valence-electron chi connectivity index (χ0n) is 17.7. The second kappa shape index (κ2) is 9.52. The molecule has 1 heterocycles. The third kappa shape index (κ3) is 5.16. The summed E-state index contributed by atoms with van der Waals surface area (Å²) in [5.74, 6) is 1.07. The number of amides is 1. The molecule has 0 radical (unpaired) electrons. The molecule has 7 nitrogen and oxygen atoms in total. The Bertz CT molecular complexity index is 1170. The Morgan fingerprint density at radius 2 is 1.44 bits per heavy atom. The van der Waals surface area contributed by atoms with E-state index in [-0.39, 0.29) is 10.8 Å². The first-order valence-electron chi connectivity index (χ1n) is 10.3. The molecule has 0 unspecified atom stereocenters. The second-order valence-electron chi connectivity index (χ2n) is 7.43. The van der Waals surface area contributed by atoms with Crippen LogP contribution < -0.4 is 10.1 Å². The third-order valence-corrected chi connectivity index (χ3v) is 7.01. The smallest absolute Gasteiger partial charge is 0.255 e. The maximum atomic E-state index is 12.7. The highest BCUT2D eigenvalue weighted by Crippen LogP contribution is 2.24. The van der Waals surface area contributed by atoms with Gasteiger partial charge in [0.1, 0.15) is 11.5 Å². The van der Waals surface area contributed by atoms with E-state index >= 15 is 0 Å². The summed E-state index contributed by atoms with van der Waals surface area (Å²) in [5, 5.41) is 2.81. The van der Waals surface area contributed by atoms with E-state index in [0.29, 0.717) is 43.3 Å². The molecule has 0 atom stereocenters. The van der Waals surface area contributed by atoms with Crippen molar-refractivity contribution in [2.75, 3.05) is 31.6 Å². The summed E-state index contributed by atoms with van der Waals surface area (Å²) >= 11 is 0. The van der Waals surface area contributed by atoms with Crippen molar-refractivity contribution >= 4 is 21.6 Å². The number of sulfonamides is 1. The third-order valence-electron chi connectivity index (χ3n) is 5.09. The molecule has 1 amide bonds. The molecule has 0 spiro atoms. The van der Waals surface area contributed by atoms with Crippen molar-refractivity contribution in [3.63, 3.8) is 0 Å². The van der Waals surface area contributed by atoms with Crippen LogP contribution in [0.4, 0.5) is 5.69 Å². The zero-order valence-corrected chi connectivity index (χ0v) is 18.5. The van der Waals surface area contributed by atoms with Crippen LogP contribution in [0, 0.1) is 6.92 Å². The molecule has 3 aromatic rings. The van der Waals surface area contributed by atoms with Gasteiger partial charge >= 0.3 is 0 Å². The predicted molar refractivity (Wildman–Crippen MR) is 122 cm³/mol. The number of carbonyl (C=O) groups excluding carboxylic acids is 1. The van der Waals surface area contributed by atoms with Crippen LogP contribution in [-0.2, 0) is 14.8 Å². The highest BCUT2D eigenvalue weighted by molar-refractivity contribution is 7.89. The number of rotatable bonds is 6. The average Bonchev–Trinajstić information content (AvgIpc) is 2.82. The predicted octanol–water partition coefficient (Wildman–Crippen LogP) is 4.06. The van der Waals surface area contributed by atoms with Gasteiger partial charge in [0, 0.05) is 24.3 Å². The Balaban J connectivity index is 1.38. The topological polar surface area (TPSA) is 84.9 Å². The normalized spacial score (nSPS) is 14.7. The molecule has 0 aromatic heterocycles. The number of hydrogen-bond donors (Lipinski definition) is 1. The lowest BCUT2D eigenvalue weighted by Crippen LogP contribution is -2.40. The molecular weight excluding hydrogens is 428 g/mol. The quantitative estimate of drug-likeness (QED) is 0.610. The van der Waals surface area contributed by atoms with Crippen LogP contribution >= 0.6 is 0 Å². The number of anilines is 1. The molecule has 166 valence electrons. The van der Waals surface area contributed by atoms with Crippen molar-refractivity contribution in [1.82, 2.24) is 4.31 Å². The summed E-state index contributed by atoms with van der Waals surface area (Å²) in [5.41, 5.74) is 2.13. The fourth-order valence-electron chi connectivity index (χ4n) is 3.27. The zero-order chi connectivity index (χ0) is 22.6. The lowest BCUT2D eigenvalue weighted by atomic mass is 10.2. The van der Waals surface area contributed by atoms with E-state index in [9.17, 15) is 13.2 Å². The second-order valence-corrected chi connectivity index (χ2v) is 9.37. The lowest BCUT2D eigenvalue weighted by molar-refractivity contribution is 0.0730. The van der Waals surface area contributed by atoms with Crippen LogP contribution in [0.15, 0.2) is 77.7 Å². The summed E-state index contributed by atoms with van der Waals surface area (Å²) in [6.45, 7) is 3.43. The van der Waals surface area contributed by atoms with Gasteiger partial charge in [-0.15, -0.1) is 0 Å². The Morgan fingerprint density at radius 3 is 2.03 bits per heavy atom. The lowest BCUT2D eigenvalue weighted by Gasteiger charge is -2.26. The van der Waals surface area contributed by atoms with E-state index in [4.69, 9.17) is 9.47 Å². The Kier molecular flexibility index (Phi) is 6.55. The van der Waals surface area contributed by atoms with Crippen LogP contribution in [0.2, 0.25) is 0 Å². The van der Waals surface area contributed by atoms with Gasteiger partial charge in [0.15, 0.2) is 0 Å². The van der Waals surface area contributed by atoms with Crippen molar-refractivity contribution < 1.29 is 22.7 Å². The van der Waals surface area contributed by atoms with Gasteiger partial charge in [0.2, 0.25) is 10.0 Å². The number of nitrogens with one attached hydrogen (secondary N) is 1. The van der Waals surface area contributed by atoms with Gasteiger partial charge in [-0.2, -0.15) is 4.31 Å². The van der Waals surface area contributed by atoms with E-state index in [1.807, 2.05) is 31.2 Å². The van der Waals surface area contributed by atoms with E-state index in [1.165, 1.54) is 28.6 Å². The Morgan fingerprint density at radius 1 is 0.875 bits per heavy atom. The van der Waals surface area contributed by atoms with Gasteiger partial charge in [0.25, 0.3) is 5.91 Å². The van der Waals surface area contributed by atoms with Crippen molar-refractivity contribution in [3.8, 4) is 11.5 Å². The number of carbonyl (C=O) groups is 1. The van der Waals surface area contributed by atoms with Gasteiger partial charge in [0.05, 0.1) is 18.1 Å². The summed E-state index contributed by atoms with van der Waals surface area (Å²) in [4.78, 5) is 12.7. The van der Waals surface area contributed by atoms with E-state index < -0.39 is 10.0 Å². The summed E-state index contributed by atoms with van der Waals surface area (Å²) in [6, 6.07) is 20.7. The molecule has 3 aromatic carbocycles. The summed E-state index contributed by atoms with van der Waals surface area (Å²) < 4.78 is 37.8. The number of hydrogen-bond acceptors (Lipinski definition) is 5. The maximum Gasteiger partial charge on any atom is 0.255 e. The average molecular weight is 453 g/mol. The fourth-order valence-corrected chi connectivity index (χ4v) is 4.67. The molecule has 1 aliphatic heterocycles. The molecule has 1 fully saturated rings. The van der Waals surface area contributed by atoms with E-state index in [1.54, 1.807) is 24.3 Å². The largest absolute Gasteiger partial charge is 0.457 e. The number of aryl methyl sites for hydroxylation is 1. The molecule has 1 aliphatic rings. The monoisotopic (exact) mass is 452 g/mol. The first-order valence-corrected chi connectivity index (χ1v) is 11.7. The first kappa shape index (κ1) is 22.0.